The Morgan fingerprint density at radius 1 is 1.30 bits per heavy atom. The number of anilines is 1. The van der Waals surface area contributed by atoms with Crippen LogP contribution in [0.2, 0.25) is 0 Å². The third-order valence-electron chi connectivity index (χ3n) is 4.80. The Morgan fingerprint density at radius 2 is 2.15 bits per heavy atom. The maximum Gasteiger partial charge on any atom is 0.206 e. The Balaban J connectivity index is 1.78. The zero-order valence-corrected chi connectivity index (χ0v) is 14.5. The number of imidazole rings is 1. The van der Waals surface area contributed by atoms with Crippen LogP contribution in [0.25, 0.3) is 15.9 Å². The van der Waals surface area contributed by atoms with Gasteiger partial charge in [-0.3, -0.25) is 4.98 Å². The number of fused-ring (bicyclic) bond motifs is 1. The Bertz CT molecular complexity index is 1010. The van der Waals surface area contributed by atoms with E-state index in [0.717, 1.165) is 5.52 Å². The molecule has 1 aliphatic heterocycles. The van der Waals surface area contributed by atoms with E-state index in [-0.39, 0.29) is 0 Å². The molecule has 3 heterocycles. The molecule has 138 valence electrons. The van der Waals surface area contributed by atoms with Gasteiger partial charge < -0.3 is 15.2 Å². The molecule has 0 saturated carbocycles. The topological polar surface area (TPSA) is 64.3 Å². The lowest BCUT2D eigenvalue weighted by Crippen LogP contribution is -2.50. The minimum absolute atomic E-state index is 0.340. The van der Waals surface area contributed by atoms with E-state index >= 15 is 0 Å². The summed E-state index contributed by atoms with van der Waals surface area (Å²) in [6.45, 7) is 8.45. The normalized spacial score (nSPS) is 20.0. The summed E-state index contributed by atoms with van der Waals surface area (Å²) in [7, 11) is 0. The van der Waals surface area contributed by atoms with Gasteiger partial charge in [0.15, 0.2) is 5.69 Å². The molecule has 0 bridgehead atoms. The summed E-state index contributed by atoms with van der Waals surface area (Å²) in [6, 6.07) is 7.71. The fraction of sp³-hybridized carbons (Fsp3) is 0.316. The number of hydrogen-bond acceptors (Lipinski definition) is 4. The third-order valence-corrected chi connectivity index (χ3v) is 4.80. The van der Waals surface area contributed by atoms with Crippen molar-refractivity contribution in [3.8, 4) is 0 Å². The summed E-state index contributed by atoms with van der Waals surface area (Å²) in [6.07, 6.45) is 0.494. The van der Waals surface area contributed by atoms with Gasteiger partial charge in [-0.2, -0.15) is 0 Å². The van der Waals surface area contributed by atoms with Crippen molar-refractivity contribution in [2.75, 3.05) is 18.0 Å². The molecule has 0 radical (unpaired) electrons. The van der Waals surface area contributed by atoms with E-state index in [9.17, 15) is 8.78 Å². The van der Waals surface area contributed by atoms with Gasteiger partial charge >= 0.3 is 0 Å². The van der Waals surface area contributed by atoms with Crippen LogP contribution in [0.1, 0.15) is 12.1 Å². The lowest BCUT2D eigenvalue weighted by molar-refractivity contribution is 0.243. The van der Waals surface area contributed by atoms with Crippen molar-refractivity contribution >= 4 is 22.7 Å². The highest BCUT2D eigenvalue weighted by atomic mass is 19.1. The van der Waals surface area contributed by atoms with Gasteiger partial charge in [-0.15, -0.1) is 0 Å². The van der Waals surface area contributed by atoms with Crippen LogP contribution in [0.3, 0.4) is 0 Å². The van der Waals surface area contributed by atoms with Crippen LogP contribution in [0, 0.1) is 12.4 Å². The van der Waals surface area contributed by atoms with Crippen LogP contribution in [0.5, 0.6) is 0 Å². The van der Waals surface area contributed by atoms with Gasteiger partial charge in [0.25, 0.3) is 0 Å². The largest absolute Gasteiger partial charge is 0.340 e. The zero-order valence-electron chi connectivity index (χ0n) is 14.5. The van der Waals surface area contributed by atoms with Gasteiger partial charge in [0, 0.05) is 13.1 Å². The monoisotopic (exact) mass is 368 g/mol. The number of halogens is 2. The van der Waals surface area contributed by atoms with Crippen molar-refractivity contribution in [3.05, 3.63) is 59.5 Å². The minimum atomic E-state index is -1.02. The molecule has 1 aromatic carbocycles. The van der Waals surface area contributed by atoms with Gasteiger partial charge in [-0.25, -0.2) is 18.6 Å². The predicted octanol–water partition coefficient (Wildman–Crippen LogP) is 3.04. The van der Waals surface area contributed by atoms with Crippen LogP contribution < -0.4 is 10.6 Å². The Kier molecular flexibility index (Phi) is 4.46. The van der Waals surface area contributed by atoms with Gasteiger partial charge in [0.1, 0.15) is 12.0 Å². The maximum atomic E-state index is 13.8. The molecule has 0 amide bonds. The first-order chi connectivity index (χ1) is 13.0. The van der Waals surface area contributed by atoms with Gasteiger partial charge in [-0.1, -0.05) is 6.07 Å². The molecule has 27 heavy (non-hydrogen) atoms. The van der Waals surface area contributed by atoms with Crippen molar-refractivity contribution in [2.45, 2.75) is 25.2 Å². The second-order valence-electron chi connectivity index (χ2n) is 6.67. The van der Waals surface area contributed by atoms with Crippen LogP contribution in [0.15, 0.2) is 36.5 Å². The van der Waals surface area contributed by atoms with Crippen molar-refractivity contribution in [1.29, 1.82) is 0 Å². The lowest BCUT2D eigenvalue weighted by Gasteiger charge is -2.34. The molecule has 0 aliphatic carbocycles. The highest BCUT2D eigenvalue weighted by molar-refractivity contribution is 5.83. The average Bonchev–Trinajstić information content (AvgIpc) is 3.03. The Morgan fingerprint density at radius 3 is 2.85 bits per heavy atom. The summed E-state index contributed by atoms with van der Waals surface area (Å²) in [4.78, 5) is 14.2. The molecule has 3 aromatic rings. The van der Waals surface area contributed by atoms with E-state index in [1.807, 2.05) is 15.5 Å². The van der Waals surface area contributed by atoms with Crippen molar-refractivity contribution < 1.29 is 8.78 Å². The number of pyridine rings is 1. The molecule has 1 saturated heterocycles. The minimum Gasteiger partial charge on any atom is -0.340 e. The van der Waals surface area contributed by atoms with Crippen LogP contribution in [-0.2, 0) is 6.54 Å². The van der Waals surface area contributed by atoms with E-state index < -0.39 is 18.0 Å². The molecule has 0 unspecified atom stereocenters. The molecule has 1 fully saturated rings. The van der Waals surface area contributed by atoms with E-state index in [0.29, 0.717) is 48.9 Å². The highest BCUT2D eigenvalue weighted by Gasteiger charge is 2.29. The molecular weight excluding hydrogens is 350 g/mol. The lowest BCUT2D eigenvalue weighted by atomic mass is 10.1. The van der Waals surface area contributed by atoms with Crippen LogP contribution >= 0.6 is 0 Å². The molecule has 2 aromatic heterocycles. The quantitative estimate of drug-likeness (QED) is 0.722. The van der Waals surface area contributed by atoms with E-state index in [1.165, 1.54) is 12.3 Å². The summed E-state index contributed by atoms with van der Waals surface area (Å²) in [5.74, 6) is 0.257. The number of piperidine rings is 1. The second-order valence-corrected chi connectivity index (χ2v) is 6.67. The number of nitrogens with zero attached hydrogens (tertiary/aromatic N) is 5. The van der Waals surface area contributed by atoms with E-state index in [4.69, 9.17) is 12.3 Å². The molecule has 1 aliphatic rings. The number of aromatic nitrogens is 3. The zero-order chi connectivity index (χ0) is 19.0. The summed E-state index contributed by atoms with van der Waals surface area (Å²) < 4.78 is 28.9. The third kappa shape index (κ3) is 3.34. The SMILES string of the molecule is [C-]#[N+]c1ccc2c(c1)nc(N1CC[C@@H](F)[C@H](N)C1)n2Cc1ccc(F)cn1. The van der Waals surface area contributed by atoms with Crippen LogP contribution in [0.4, 0.5) is 20.4 Å². The van der Waals surface area contributed by atoms with Gasteiger partial charge in [-0.05, 0) is 30.7 Å². The van der Waals surface area contributed by atoms with E-state index in [2.05, 4.69) is 14.8 Å². The smallest absolute Gasteiger partial charge is 0.206 e. The van der Waals surface area contributed by atoms with Crippen LogP contribution in [-0.4, -0.2) is 39.8 Å². The highest BCUT2D eigenvalue weighted by Crippen LogP contribution is 2.29. The number of hydrogen-bond donors (Lipinski definition) is 1. The maximum absolute atomic E-state index is 13.8. The predicted molar refractivity (Wildman–Crippen MR) is 99.0 cm³/mol. The van der Waals surface area contributed by atoms with E-state index in [1.54, 1.807) is 18.2 Å². The molecule has 0 spiro atoms. The molecule has 2 atom stereocenters. The number of nitrogens with two attached hydrogens (primary N) is 1. The molecule has 2 N–H and O–H groups in total. The van der Waals surface area contributed by atoms with Gasteiger partial charge in [0.05, 0.1) is 42.1 Å². The molecule has 4 rings (SSSR count). The molecule has 6 nitrogen and oxygen atoms in total. The van der Waals surface area contributed by atoms with Crippen molar-refractivity contribution in [1.82, 2.24) is 14.5 Å². The summed E-state index contributed by atoms with van der Waals surface area (Å²) >= 11 is 0. The number of alkyl halides is 1. The first-order valence-corrected chi connectivity index (χ1v) is 8.68. The number of rotatable bonds is 3. The van der Waals surface area contributed by atoms with Gasteiger partial charge in [0.2, 0.25) is 5.95 Å². The van der Waals surface area contributed by atoms with Crippen molar-refractivity contribution in [3.63, 3.8) is 0 Å². The first-order valence-electron chi connectivity index (χ1n) is 8.68. The average molecular weight is 368 g/mol. The first kappa shape index (κ1) is 17.4. The summed E-state index contributed by atoms with van der Waals surface area (Å²) in [5, 5.41) is 0. The standard InChI is InChI=1S/C19H18F2N6/c1-23-13-4-5-18-17(8-13)25-19(26-7-6-15(21)16(22)11-26)27(18)10-14-3-2-12(20)9-24-14/h2-5,8-9,15-16H,6-7,10-11,22H2/t15-,16-/m1/s1. The second kappa shape index (κ2) is 6.93. The summed E-state index contributed by atoms with van der Waals surface area (Å²) in [5.41, 5.74) is 8.60. The fourth-order valence-electron chi connectivity index (χ4n) is 3.37. The van der Waals surface area contributed by atoms with Crippen molar-refractivity contribution in [2.24, 2.45) is 5.73 Å². The molecular formula is C19H18F2N6. The molecule has 8 heteroatoms. The Hall–Kier alpha value is -3.05. The Labute approximate surface area is 155 Å². The number of benzene rings is 1. The fourth-order valence-corrected chi connectivity index (χ4v) is 3.37.